The molecule has 1 aliphatic carbocycles. The average molecular weight is 198 g/mol. The van der Waals surface area contributed by atoms with Crippen molar-refractivity contribution in [1.29, 1.82) is 0 Å². The Balaban J connectivity index is 1.92. The van der Waals surface area contributed by atoms with Gasteiger partial charge in [-0.2, -0.15) is 0 Å². The predicted octanol–water partition coefficient (Wildman–Crippen LogP) is 4.37. The summed E-state index contributed by atoms with van der Waals surface area (Å²) in [5.74, 6) is 0. The van der Waals surface area contributed by atoms with Gasteiger partial charge in [-0.15, -0.1) is 0 Å². The standard InChI is InChI=1S/C12H23P/c1-3-10-9-11(4-2)13(10)12-7-5-6-8-12/h10-12H,3-9H2,1-2H3/t10-,11-/m1/s1. The fraction of sp³-hybridized carbons (Fsp3) is 1.00. The van der Waals surface area contributed by atoms with Crippen molar-refractivity contribution in [3.8, 4) is 0 Å². The van der Waals surface area contributed by atoms with E-state index >= 15 is 0 Å². The van der Waals surface area contributed by atoms with Crippen LogP contribution in [0.1, 0.15) is 58.8 Å². The molecule has 2 rings (SSSR count). The highest BCUT2D eigenvalue weighted by Gasteiger charge is 2.42. The van der Waals surface area contributed by atoms with Gasteiger partial charge in [0, 0.05) is 0 Å². The zero-order valence-corrected chi connectivity index (χ0v) is 10.0. The first-order valence-electron chi connectivity index (χ1n) is 6.14. The van der Waals surface area contributed by atoms with Crippen LogP contribution in [0.3, 0.4) is 0 Å². The van der Waals surface area contributed by atoms with Crippen LogP contribution in [-0.2, 0) is 0 Å². The second-order valence-electron chi connectivity index (χ2n) is 4.75. The van der Waals surface area contributed by atoms with Crippen LogP contribution < -0.4 is 0 Å². The fourth-order valence-corrected chi connectivity index (χ4v) is 7.47. The van der Waals surface area contributed by atoms with Crippen molar-refractivity contribution in [1.82, 2.24) is 0 Å². The van der Waals surface area contributed by atoms with Gasteiger partial charge < -0.3 is 0 Å². The highest BCUT2D eigenvalue weighted by atomic mass is 31.1. The van der Waals surface area contributed by atoms with E-state index in [1.54, 1.807) is 19.3 Å². The minimum absolute atomic E-state index is 0.474. The summed E-state index contributed by atoms with van der Waals surface area (Å²) in [6.45, 7) is 4.81. The first-order chi connectivity index (χ1) is 6.36. The molecular formula is C12H23P. The zero-order valence-electron chi connectivity index (χ0n) is 9.13. The normalized spacial score (nSPS) is 36.5. The van der Waals surface area contributed by atoms with Crippen molar-refractivity contribution < 1.29 is 0 Å². The van der Waals surface area contributed by atoms with Crippen LogP contribution in [0.15, 0.2) is 0 Å². The maximum Gasteiger partial charge on any atom is -0.0201 e. The Hall–Kier alpha value is 0.430. The van der Waals surface area contributed by atoms with Crippen molar-refractivity contribution in [2.45, 2.75) is 75.8 Å². The highest BCUT2D eigenvalue weighted by Crippen LogP contribution is 2.67. The van der Waals surface area contributed by atoms with Gasteiger partial charge in [-0.3, -0.25) is 0 Å². The minimum Gasteiger partial charge on any atom is -0.0971 e. The van der Waals surface area contributed by atoms with Gasteiger partial charge >= 0.3 is 0 Å². The predicted molar refractivity (Wildman–Crippen MR) is 62.0 cm³/mol. The molecule has 0 unspecified atom stereocenters. The lowest BCUT2D eigenvalue weighted by Crippen LogP contribution is -2.33. The summed E-state index contributed by atoms with van der Waals surface area (Å²) in [5.41, 5.74) is 3.53. The average Bonchev–Trinajstić information content (AvgIpc) is 2.57. The topological polar surface area (TPSA) is 0 Å². The molecule has 1 saturated carbocycles. The van der Waals surface area contributed by atoms with Crippen molar-refractivity contribution in [3.05, 3.63) is 0 Å². The second kappa shape index (κ2) is 4.30. The Labute approximate surface area is 84.2 Å². The molecule has 2 aliphatic rings. The molecule has 0 bridgehead atoms. The summed E-state index contributed by atoms with van der Waals surface area (Å²) in [4.78, 5) is 0. The van der Waals surface area contributed by atoms with Gasteiger partial charge in [0.05, 0.1) is 0 Å². The molecule has 0 amide bonds. The highest BCUT2D eigenvalue weighted by molar-refractivity contribution is 7.61. The summed E-state index contributed by atoms with van der Waals surface area (Å²) in [5, 5.41) is 0. The Morgan fingerprint density at radius 1 is 1.00 bits per heavy atom. The Morgan fingerprint density at radius 3 is 2.00 bits per heavy atom. The van der Waals surface area contributed by atoms with Crippen LogP contribution in [0.4, 0.5) is 0 Å². The summed E-state index contributed by atoms with van der Waals surface area (Å²) < 4.78 is 0. The van der Waals surface area contributed by atoms with Crippen LogP contribution in [0, 0.1) is 0 Å². The fourth-order valence-electron chi connectivity index (χ4n) is 3.27. The molecule has 0 nitrogen and oxygen atoms in total. The van der Waals surface area contributed by atoms with Gasteiger partial charge in [0.1, 0.15) is 0 Å². The third kappa shape index (κ3) is 1.80. The van der Waals surface area contributed by atoms with E-state index in [1.807, 2.05) is 0 Å². The van der Waals surface area contributed by atoms with E-state index in [9.17, 15) is 0 Å². The molecule has 0 spiro atoms. The van der Waals surface area contributed by atoms with Gasteiger partial charge in [0.25, 0.3) is 0 Å². The van der Waals surface area contributed by atoms with Gasteiger partial charge in [-0.05, 0) is 49.1 Å². The molecular weight excluding hydrogens is 175 g/mol. The van der Waals surface area contributed by atoms with Crippen LogP contribution in [-0.4, -0.2) is 17.0 Å². The van der Waals surface area contributed by atoms with Crippen LogP contribution in [0.2, 0.25) is 0 Å². The van der Waals surface area contributed by atoms with E-state index in [0.717, 1.165) is 0 Å². The number of rotatable bonds is 3. The van der Waals surface area contributed by atoms with Gasteiger partial charge in [-0.25, -0.2) is 0 Å². The van der Waals surface area contributed by atoms with E-state index in [4.69, 9.17) is 0 Å². The van der Waals surface area contributed by atoms with E-state index in [1.165, 1.54) is 42.7 Å². The van der Waals surface area contributed by atoms with Crippen LogP contribution in [0.5, 0.6) is 0 Å². The molecule has 13 heavy (non-hydrogen) atoms. The monoisotopic (exact) mass is 198 g/mol. The summed E-state index contributed by atoms with van der Waals surface area (Å²) in [6, 6.07) is 0. The zero-order chi connectivity index (χ0) is 9.26. The largest absolute Gasteiger partial charge is 0.0971 e. The van der Waals surface area contributed by atoms with Crippen molar-refractivity contribution in [3.63, 3.8) is 0 Å². The Kier molecular flexibility index (Phi) is 3.30. The molecule has 0 aromatic heterocycles. The van der Waals surface area contributed by atoms with E-state index in [2.05, 4.69) is 13.8 Å². The molecule has 0 aromatic carbocycles. The van der Waals surface area contributed by atoms with E-state index in [-0.39, 0.29) is 0 Å². The molecule has 0 aromatic rings. The molecule has 1 saturated heterocycles. The first-order valence-corrected chi connectivity index (χ1v) is 7.69. The first kappa shape index (κ1) is 9.97. The molecule has 76 valence electrons. The van der Waals surface area contributed by atoms with Gasteiger partial charge in [0.15, 0.2) is 0 Å². The molecule has 2 atom stereocenters. The third-order valence-electron chi connectivity index (χ3n) is 4.08. The molecule has 1 heterocycles. The van der Waals surface area contributed by atoms with E-state index < -0.39 is 0 Å². The molecule has 1 aliphatic heterocycles. The summed E-state index contributed by atoms with van der Waals surface area (Å²) >= 11 is 0. The number of hydrogen-bond donors (Lipinski definition) is 0. The lowest BCUT2D eigenvalue weighted by Gasteiger charge is -2.48. The van der Waals surface area contributed by atoms with Gasteiger partial charge in [-0.1, -0.05) is 34.6 Å². The minimum atomic E-state index is 0.474. The lowest BCUT2D eigenvalue weighted by atomic mass is 10.1. The van der Waals surface area contributed by atoms with Gasteiger partial charge in [0.2, 0.25) is 0 Å². The second-order valence-corrected chi connectivity index (χ2v) is 7.83. The third-order valence-corrected chi connectivity index (χ3v) is 8.27. The van der Waals surface area contributed by atoms with Crippen LogP contribution >= 0.6 is 7.92 Å². The number of hydrogen-bond acceptors (Lipinski definition) is 0. The molecule has 0 radical (unpaired) electrons. The molecule has 2 fully saturated rings. The maximum atomic E-state index is 2.40. The van der Waals surface area contributed by atoms with Crippen molar-refractivity contribution in [2.75, 3.05) is 0 Å². The summed E-state index contributed by atoms with van der Waals surface area (Å²) in [7, 11) is 0.474. The van der Waals surface area contributed by atoms with E-state index in [0.29, 0.717) is 7.92 Å². The quantitative estimate of drug-likeness (QED) is 0.591. The summed E-state index contributed by atoms with van der Waals surface area (Å²) in [6.07, 6.45) is 10.8. The SMILES string of the molecule is CC[C@@H]1C[C@@H](CC)P1C1CCCC1. The Morgan fingerprint density at radius 2 is 1.54 bits per heavy atom. The van der Waals surface area contributed by atoms with Crippen molar-refractivity contribution >= 4 is 7.92 Å². The molecule has 0 N–H and O–H groups in total. The maximum absolute atomic E-state index is 2.40. The molecule has 1 heteroatoms. The smallest absolute Gasteiger partial charge is 0.0201 e. The van der Waals surface area contributed by atoms with Crippen LogP contribution in [0.25, 0.3) is 0 Å². The van der Waals surface area contributed by atoms with Crippen molar-refractivity contribution in [2.24, 2.45) is 0 Å². The Bertz CT molecular complexity index is 151. The lowest BCUT2D eigenvalue weighted by molar-refractivity contribution is 0.587.